The molecule has 7 heteroatoms. The first-order chi connectivity index (χ1) is 19.6. The first-order valence-electron chi connectivity index (χ1n) is 15.0. The maximum atomic E-state index is 13.0. The molecule has 0 fully saturated rings. The second kappa shape index (κ2) is 18.3. The van der Waals surface area contributed by atoms with E-state index < -0.39 is 0 Å². The van der Waals surface area contributed by atoms with Crippen LogP contribution in [0.2, 0.25) is 0 Å². The third kappa shape index (κ3) is 11.2. The highest BCUT2D eigenvalue weighted by atomic mass is 32.1. The van der Waals surface area contributed by atoms with Gasteiger partial charge >= 0.3 is 6.03 Å². The molecular weight excluding hydrogens is 518 g/mol. The number of nitrogens with one attached hydrogen (secondary N) is 2. The number of benzene rings is 2. The molecule has 1 aromatic heterocycles. The number of ether oxygens (including phenoxy) is 2. The van der Waals surface area contributed by atoms with Crippen LogP contribution in [0.15, 0.2) is 54.2 Å². The van der Waals surface area contributed by atoms with E-state index in [4.69, 9.17) is 9.47 Å². The lowest BCUT2D eigenvalue weighted by atomic mass is 10.1. The molecule has 0 aliphatic carbocycles. The molecular formula is C33H48N3O3S+. The SMILES string of the molecule is CCCCCCCCCCCCCCOc1c(NC(=O)Nc2ccccc2C[n+]2csc(C)c2)cccc1OC. The number of hydrogen-bond donors (Lipinski definition) is 2. The van der Waals surface area contributed by atoms with Gasteiger partial charge in [0, 0.05) is 5.56 Å². The summed E-state index contributed by atoms with van der Waals surface area (Å²) in [6, 6.07) is 13.1. The Bertz CT molecular complexity index is 1150. The molecule has 2 amide bonds. The smallest absolute Gasteiger partial charge is 0.323 e. The highest BCUT2D eigenvalue weighted by molar-refractivity contribution is 7.09. The lowest BCUT2D eigenvalue weighted by molar-refractivity contribution is -0.683. The van der Waals surface area contributed by atoms with Gasteiger partial charge in [-0.2, -0.15) is 4.57 Å². The maximum Gasteiger partial charge on any atom is 0.323 e. The molecule has 2 N–H and O–H groups in total. The Balaban J connectivity index is 1.43. The number of thiazole rings is 1. The summed E-state index contributed by atoms with van der Waals surface area (Å²) in [5, 5.41) is 5.98. The molecule has 0 spiro atoms. The molecule has 0 saturated carbocycles. The van der Waals surface area contributed by atoms with Crippen molar-refractivity contribution in [3.05, 3.63) is 64.6 Å². The normalized spacial score (nSPS) is 10.9. The Kier molecular flexibility index (Phi) is 14.4. The Morgan fingerprint density at radius 1 is 0.825 bits per heavy atom. The van der Waals surface area contributed by atoms with Gasteiger partial charge in [-0.15, -0.1) is 0 Å². The predicted molar refractivity (Wildman–Crippen MR) is 167 cm³/mol. The minimum absolute atomic E-state index is 0.317. The van der Waals surface area contributed by atoms with E-state index in [1.807, 2.05) is 42.5 Å². The van der Waals surface area contributed by atoms with Gasteiger partial charge in [-0.1, -0.05) is 113 Å². The number of unbranched alkanes of at least 4 members (excludes halogenated alkanes) is 11. The molecule has 3 aromatic rings. The number of methoxy groups -OCH3 is 1. The van der Waals surface area contributed by atoms with Crippen LogP contribution in [-0.4, -0.2) is 19.7 Å². The van der Waals surface area contributed by atoms with Gasteiger partial charge in [-0.05, 0) is 31.5 Å². The second-order valence-corrected chi connectivity index (χ2v) is 11.5. The summed E-state index contributed by atoms with van der Waals surface area (Å²) in [7, 11) is 1.62. The number of rotatable bonds is 19. The van der Waals surface area contributed by atoms with Gasteiger partial charge in [0.15, 0.2) is 24.2 Å². The fourth-order valence-electron chi connectivity index (χ4n) is 4.82. The fourth-order valence-corrected chi connectivity index (χ4v) is 5.46. The van der Waals surface area contributed by atoms with Crippen molar-refractivity contribution in [3.8, 4) is 11.5 Å². The average Bonchev–Trinajstić information content (AvgIpc) is 3.37. The van der Waals surface area contributed by atoms with Crippen molar-refractivity contribution < 1.29 is 18.8 Å². The Labute approximate surface area is 245 Å². The molecule has 1 heterocycles. The largest absolute Gasteiger partial charge is 0.493 e. The quantitative estimate of drug-likeness (QED) is 0.112. The lowest BCUT2D eigenvalue weighted by Gasteiger charge is -2.16. The number of amides is 2. The second-order valence-electron chi connectivity index (χ2n) is 10.4. The summed E-state index contributed by atoms with van der Waals surface area (Å²) in [5.41, 5.74) is 4.49. The van der Waals surface area contributed by atoms with Crippen LogP contribution >= 0.6 is 11.3 Å². The summed E-state index contributed by atoms with van der Waals surface area (Å²) in [6.07, 6.45) is 17.7. The number of urea groups is 1. The zero-order chi connectivity index (χ0) is 28.4. The fraction of sp³-hybridized carbons (Fsp3) is 0.515. The molecule has 0 saturated heterocycles. The summed E-state index contributed by atoms with van der Waals surface area (Å²) >= 11 is 1.70. The highest BCUT2D eigenvalue weighted by Crippen LogP contribution is 2.35. The van der Waals surface area contributed by atoms with E-state index in [1.54, 1.807) is 18.4 Å². The van der Waals surface area contributed by atoms with Gasteiger partial charge in [-0.3, -0.25) is 0 Å². The van der Waals surface area contributed by atoms with E-state index in [1.165, 1.54) is 69.1 Å². The summed E-state index contributed by atoms with van der Waals surface area (Å²) < 4.78 is 13.8. The number of nitrogens with zero attached hydrogens (tertiary/aromatic N) is 1. The molecule has 6 nitrogen and oxygen atoms in total. The summed E-state index contributed by atoms with van der Waals surface area (Å²) in [6.45, 7) is 5.64. The van der Waals surface area contributed by atoms with Crippen LogP contribution in [0.4, 0.5) is 16.2 Å². The van der Waals surface area contributed by atoms with Crippen molar-refractivity contribution in [2.75, 3.05) is 24.4 Å². The van der Waals surface area contributed by atoms with Crippen LogP contribution < -0.4 is 24.7 Å². The molecule has 0 aliphatic heterocycles. The molecule has 218 valence electrons. The van der Waals surface area contributed by atoms with Gasteiger partial charge in [0.05, 0.1) is 30.0 Å². The minimum Gasteiger partial charge on any atom is -0.493 e. The number of aryl methyl sites for hydroxylation is 1. The maximum absolute atomic E-state index is 13.0. The zero-order valence-electron chi connectivity index (χ0n) is 24.7. The van der Waals surface area contributed by atoms with Crippen LogP contribution in [-0.2, 0) is 6.54 Å². The highest BCUT2D eigenvalue weighted by Gasteiger charge is 2.16. The number of anilines is 2. The van der Waals surface area contributed by atoms with Gasteiger partial charge < -0.3 is 20.1 Å². The van der Waals surface area contributed by atoms with E-state index >= 15 is 0 Å². The van der Waals surface area contributed by atoms with E-state index in [-0.39, 0.29) is 6.03 Å². The topological polar surface area (TPSA) is 63.5 Å². The molecule has 40 heavy (non-hydrogen) atoms. The van der Waals surface area contributed by atoms with E-state index in [0.717, 1.165) is 24.1 Å². The third-order valence-corrected chi connectivity index (χ3v) is 7.88. The van der Waals surface area contributed by atoms with E-state index in [0.29, 0.717) is 30.3 Å². The monoisotopic (exact) mass is 566 g/mol. The zero-order valence-corrected chi connectivity index (χ0v) is 25.5. The van der Waals surface area contributed by atoms with E-state index in [2.05, 4.69) is 40.8 Å². The van der Waals surface area contributed by atoms with Crippen molar-refractivity contribution in [3.63, 3.8) is 0 Å². The number of para-hydroxylation sites is 2. The van der Waals surface area contributed by atoms with Crippen molar-refractivity contribution in [1.82, 2.24) is 0 Å². The van der Waals surface area contributed by atoms with Crippen molar-refractivity contribution >= 4 is 28.7 Å². The van der Waals surface area contributed by atoms with Gasteiger partial charge in [-0.25, -0.2) is 4.79 Å². The molecule has 0 unspecified atom stereocenters. The van der Waals surface area contributed by atoms with Gasteiger partial charge in [0.25, 0.3) is 0 Å². The lowest BCUT2D eigenvalue weighted by Crippen LogP contribution is -2.31. The summed E-state index contributed by atoms with van der Waals surface area (Å²) in [4.78, 5) is 14.3. The number of hydrogen-bond acceptors (Lipinski definition) is 4. The number of carbonyl (C=O) groups is 1. The first-order valence-corrected chi connectivity index (χ1v) is 15.9. The molecule has 0 aliphatic rings. The molecule has 0 radical (unpaired) electrons. The Hall–Kier alpha value is -3.06. The van der Waals surface area contributed by atoms with Gasteiger partial charge in [0.2, 0.25) is 5.51 Å². The molecule has 3 rings (SSSR count). The van der Waals surface area contributed by atoms with Crippen LogP contribution in [0.3, 0.4) is 0 Å². The van der Waals surface area contributed by atoms with Crippen molar-refractivity contribution in [1.29, 1.82) is 0 Å². The van der Waals surface area contributed by atoms with Gasteiger partial charge in [0.1, 0.15) is 0 Å². The van der Waals surface area contributed by atoms with Crippen molar-refractivity contribution in [2.24, 2.45) is 0 Å². The van der Waals surface area contributed by atoms with Crippen LogP contribution in [0.25, 0.3) is 0 Å². The van der Waals surface area contributed by atoms with E-state index in [9.17, 15) is 4.79 Å². The summed E-state index contributed by atoms with van der Waals surface area (Å²) in [5.74, 6) is 1.18. The molecule has 0 atom stereocenters. The third-order valence-electron chi connectivity index (χ3n) is 7.03. The van der Waals surface area contributed by atoms with Crippen LogP contribution in [0, 0.1) is 6.92 Å². The number of carbonyl (C=O) groups excluding carboxylic acids is 1. The molecule has 2 aromatic carbocycles. The van der Waals surface area contributed by atoms with Crippen LogP contribution in [0.5, 0.6) is 11.5 Å². The minimum atomic E-state index is -0.317. The van der Waals surface area contributed by atoms with Crippen LogP contribution in [0.1, 0.15) is 94.4 Å². The first kappa shape index (κ1) is 31.5. The Morgan fingerprint density at radius 3 is 2.10 bits per heavy atom. The predicted octanol–water partition coefficient (Wildman–Crippen LogP) is 9.12. The molecule has 0 bridgehead atoms. The number of aromatic nitrogens is 1. The Morgan fingerprint density at radius 2 is 1.45 bits per heavy atom. The average molecular weight is 567 g/mol. The van der Waals surface area contributed by atoms with Crippen molar-refractivity contribution in [2.45, 2.75) is 97.4 Å². The standard InChI is InChI=1S/C33H47N3O3S/c1-4-5-6-7-8-9-10-11-12-13-14-17-23-39-32-30(21-18-22-31(32)38-3)35-33(37)34-29-20-16-15-19-28(29)25-36-24-27(2)40-26-36/h15-16,18-22,24,26H,4-14,17,23,25H2,1-3H3,(H-,34,35,37)/p+1.